The summed E-state index contributed by atoms with van der Waals surface area (Å²) in [6.45, 7) is 8.91. The number of benzene rings is 1. The van der Waals surface area contributed by atoms with Gasteiger partial charge in [0.25, 0.3) is 0 Å². The average Bonchev–Trinajstić information content (AvgIpc) is 2.70. The predicted octanol–water partition coefficient (Wildman–Crippen LogP) is 2.29. The molecule has 2 rings (SSSR count). The Morgan fingerprint density at radius 2 is 2.44 bits per heavy atom. The second kappa shape index (κ2) is 4.03. The number of fused-ring (bicyclic) bond motifs is 1. The van der Waals surface area contributed by atoms with Crippen molar-refractivity contribution in [2.75, 3.05) is 6.61 Å². The van der Waals surface area contributed by atoms with Crippen LogP contribution in [0.25, 0.3) is 15.9 Å². The number of ether oxygens (including phenoxy) is 1. The molecule has 0 aliphatic rings. The number of H-pyrrole nitrogens is 1. The normalized spacial score (nSPS) is 10.0. The fraction of sp³-hybridized carbons (Fsp3) is 0.182. The summed E-state index contributed by atoms with van der Waals surface area (Å²) in [7, 11) is 0. The minimum Gasteiger partial charge on any atom is -0.462 e. The molecule has 5 nitrogen and oxygen atoms in total. The molecule has 16 heavy (non-hydrogen) atoms. The highest BCUT2D eigenvalue weighted by Crippen LogP contribution is 2.18. The van der Waals surface area contributed by atoms with Crippen molar-refractivity contribution in [1.29, 1.82) is 0 Å². The third-order valence-corrected chi connectivity index (χ3v) is 2.09. The molecule has 0 spiro atoms. The molecule has 1 heterocycles. The number of rotatable bonds is 2. The monoisotopic (exact) mass is 215 g/mol. The Bertz CT molecular complexity index is 580. The van der Waals surface area contributed by atoms with E-state index in [1.807, 2.05) is 0 Å². The van der Waals surface area contributed by atoms with Gasteiger partial charge < -0.3 is 14.6 Å². The molecular weight excluding hydrogens is 206 g/mol. The van der Waals surface area contributed by atoms with Crippen LogP contribution in [0.2, 0.25) is 0 Å². The zero-order chi connectivity index (χ0) is 11.5. The van der Waals surface area contributed by atoms with Crippen LogP contribution < -0.4 is 0 Å². The Morgan fingerprint density at radius 1 is 1.62 bits per heavy atom. The molecule has 1 N–H and O–H groups in total. The molecule has 80 valence electrons. The number of hydrogen-bond donors (Lipinski definition) is 1. The van der Waals surface area contributed by atoms with E-state index in [-0.39, 0.29) is 11.9 Å². The standard InChI is InChI=1S/C11H9N3O2/c1-3-16-10(15)7-4-5-8-9(6-7)14-11(12-2)13-8/h4-6H,3H2,1H3,(H,13,14). The lowest BCUT2D eigenvalue weighted by molar-refractivity contribution is 0.0526. The number of esters is 1. The van der Waals surface area contributed by atoms with Crippen LogP contribution in [0.5, 0.6) is 0 Å². The topological polar surface area (TPSA) is 59.3 Å². The fourth-order valence-electron chi connectivity index (χ4n) is 1.39. The number of imidazole rings is 1. The summed E-state index contributed by atoms with van der Waals surface area (Å²) in [5, 5.41) is 0. The van der Waals surface area contributed by atoms with Crippen molar-refractivity contribution in [2.45, 2.75) is 6.92 Å². The first-order valence-corrected chi connectivity index (χ1v) is 4.79. The van der Waals surface area contributed by atoms with E-state index in [9.17, 15) is 4.79 Å². The highest BCUT2D eigenvalue weighted by atomic mass is 16.5. The molecule has 0 unspecified atom stereocenters. The molecule has 0 aliphatic carbocycles. The van der Waals surface area contributed by atoms with Gasteiger partial charge in [0.05, 0.1) is 12.2 Å². The molecule has 0 amide bonds. The minimum absolute atomic E-state index is 0.219. The number of nitrogens with zero attached hydrogens (tertiary/aromatic N) is 2. The maximum atomic E-state index is 11.4. The molecule has 0 bridgehead atoms. The first-order chi connectivity index (χ1) is 7.74. The van der Waals surface area contributed by atoms with E-state index < -0.39 is 0 Å². The summed E-state index contributed by atoms with van der Waals surface area (Å²) in [5.41, 5.74) is 1.78. The zero-order valence-corrected chi connectivity index (χ0v) is 8.65. The van der Waals surface area contributed by atoms with Crippen LogP contribution in [0.3, 0.4) is 0 Å². The second-order valence-electron chi connectivity index (χ2n) is 3.12. The van der Waals surface area contributed by atoms with Gasteiger partial charge in [-0.15, -0.1) is 11.6 Å². The number of hydrogen-bond acceptors (Lipinski definition) is 3. The van der Waals surface area contributed by atoms with Crippen molar-refractivity contribution < 1.29 is 9.53 Å². The molecule has 0 saturated carbocycles. The largest absolute Gasteiger partial charge is 0.462 e. The lowest BCUT2D eigenvalue weighted by Gasteiger charge is -1.99. The highest BCUT2D eigenvalue weighted by molar-refractivity contribution is 5.94. The summed E-state index contributed by atoms with van der Waals surface area (Å²) >= 11 is 0. The quantitative estimate of drug-likeness (QED) is 0.617. The van der Waals surface area contributed by atoms with E-state index in [1.165, 1.54) is 0 Å². The fourth-order valence-corrected chi connectivity index (χ4v) is 1.39. The number of carbonyl (C=O) groups excluding carboxylic acids is 1. The van der Waals surface area contributed by atoms with Gasteiger partial charge in [-0.3, -0.25) is 0 Å². The van der Waals surface area contributed by atoms with Crippen molar-refractivity contribution >= 4 is 23.0 Å². The molecule has 1 aromatic carbocycles. The van der Waals surface area contributed by atoms with Gasteiger partial charge >= 0.3 is 11.9 Å². The maximum Gasteiger partial charge on any atom is 0.338 e. The lowest BCUT2D eigenvalue weighted by Crippen LogP contribution is -2.04. The lowest BCUT2D eigenvalue weighted by atomic mass is 10.2. The van der Waals surface area contributed by atoms with Crippen LogP contribution in [-0.2, 0) is 4.74 Å². The maximum absolute atomic E-state index is 11.4. The van der Waals surface area contributed by atoms with Crippen LogP contribution >= 0.6 is 0 Å². The van der Waals surface area contributed by atoms with Crippen molar-refractivity contribution in [2.24, 2.45) is 0 Å². The van der Waals surface area contributed by atoms with Crippen molar-refractivity contribution in [3.05, 3.63) is 35.2 Å². The van der Waals surface area contributed by atoms with E-state index in [4.69, 9.17) is 11.3 Å². The summed E-state index contributed by atoms with van der Waals surface area (Å²) in [5.74, 6) is -0.153. The Morgan fingerprint density at radius 3 is 3.12 bits per heavy atom. The van der Waals surface area contributed by atoms with Gasteiger partial charge in [0.15, 0.2) is 5.52 Å². The van der Waals surface area contributed by atoms with Gasteiger partial charge in [-0.1, -0.05) is 0 Å². The second-order valence-corrected chi connectivity index (χ2v) is 3.12. The van der Waals surface area contributed by atoms with Gasteiger partial charge in [0.1, 0.15) is 5.52 Å². The van der Waals surface area contributed by atoms with Gasteiger partial charge in [0, 0.05) is 0 Å². The molecule has 5 heteroatoms. The van der Waals surface area contributed by atoms with Crippen LogP contribution in [0, 0.1) is 6.57 Å². The minimum atomic E-state index is -0.372. The average molecular weight is 215 g/mol. The van der Waals surface area contributed by atoms with E-state index in [0.717, 1.165) is 0 Å². The highest BCUT2D eigenvalue weighted by Gasteiger charge is 2.10. The summed E-state index contributed by atoms with van der Waals surface area (Å²) in [4.78, 5) is 21.5. The first-order valence-electron chi connectivity index (χ1n) is 4.79. The zero-order valence-electron chi connectivity index (χ0n) is 8.65. The van der Waals surface area contributed by atoms with Gasteiger partial charge in [-0.2, -0.15) is 0 Å². The predicted molar refractivity (Wildman–Crippen MR) is 58.3 cm³/mol. The number of nitrogens with one attached hydrogen (secondary N) is 1. The molecule has 0 fully saturated rings. The third-order valence-electron chi connectivity index (χ3n) is 2.09. The number of aromatic nitrogens is 2. The molecular formula is C11H9N3O2. The smallest absolute Gasteiger partial charge is 0.338 e. The first kappa shape index (κ1) is 10.2. The van der Waals surface area contributed by atoms with Gasteiger partial charge in [-0.25, -0.2) is 4.79 Å². The van der Waals surface area contributed by atoms with Crippen molar-refractivity contribution in [3.8, 4) is 0 Å². The summed E-state index contributed by atoms with van der Waals surface area (Å²) < 4.78 is 4.88. The van der Waals surface area contributed by atoms with Gasteiger partial charge in [-0.05, 0) is 25.1 Å². The van der Waals surface area contributed by atoms with Crippen molar-refractivity contribution in [3.63, 3.8) is 0 Å². The Hall–Kier alpha value is -2.35. The van der Waals surface area contributed by atoms with Gasteiger partial charge in [0.2, 0.25) is 0 Å². The van der Waals surface area contributed by atoms with E-state index in [1.54, 1.807) is 25.1 Å². The van der Waals surface area contributed by atoms with Crippen LogP contribution in [0.15, 0.2) is 18.2 Å². The van der Waals surface area contributed by atoms with Crippen LogP contribution in [0.1, 0.15) is 17.3 Å². The third kappa shape index (κ3) is 1.73. The Kier molecular flexibility index (Phi) is 2.56. The Labute approximate surface area is 91.9 Å². The van der Waals surface area contributed by atoms with Crippen LogP contribution in [0.4, 0.5) is 5.95 Å². The van der Waals surface area contributed by atoms with E-state index in [0.29, 0.717) is 23.2 Å². The Balaban J connectivity index is 2.44. The number of carbonyl (C=O) groups is 1. The number of aromatic amines is 1. The summed E-state index contributed by atoms with van der Waals surface area (Å²) in [6, 6.07) is 4.96. The summed E-state index contributed by atoms with van der Waals surface area (Å²) in [6.07, 6.45) is 0. The SMILES string of the molecule is [C-]#[N+]c1nc2ccc(C(=O)OCC)cc2[nH]1. The van der Waals surface area contributed by atoms with E-state index >= 15 is 0 Å². The molecule has 0 radical (unpaired) electrons. The molecule has 1 aromatic heterocycles. The van der Waals surface area contributed by atoms with Crippen LogP contribution in [-0.4, -0.2) is 22.5 Å². The molecule has 0 atom stereocenters. The molecule has 2 aromatic rings. The van der Waals surface area contributed by atoms with E-state index in [2.05, 4.69) is 14.8 Å². The molecule has 0 saturated heterocycles. The molecule has 0 aliphatic heterocycles. The van der Waals surface area contributed by atoms with Crippen molar-refractivity contribution in [1.82, 2.24) is 9.97 Å².